The molecule has 160 valence electrons. The molecule has 0 amide bonds. The summed E-state index contributed by atoms with van der Waals surface area (Å²) < 4.78 is 38.8. The standard InChI is InChI=1S/C22H24O8/c1-7-29-17-8-12(24-2)9-18-19(17)20(23)22(28-6)21(30-18)13-10-15(26-4)16(27-5)11-14(13)25-3/h8-11H,7H2,1-6H3. The third-order valence-electron chi connectivity index (χ3n) is 4.58. The molecule has 2 aromatic carbocycles. The van der Waals surface area contributed by atoms with Crippen LogP contribution >= 0.6 is 0 Å². The van der Waals surface area contributed by atoms with Gasteiger partial charge in [-0.3, -0.25) is 4.79 Å². The highest BCUT2D eigenvalue weighted by atomic mass is 16.5. The van der Waals surface area contributed by atoms with Crippen molar-refractivity contribution < 1.29 is 32.8 Å². The average Bonchev–Trinajstić information content (AvgIpc) is 2.77. The summed E-state index contributed by atoms with van der Waals surface area (Å²) in [6, 6.07) is 6.57. The fourth-order valence-corrected chi connectivity index (χ4v) is 3.20. The van der Waals surface area contributed by atoms with Crippen molar-refractivity contribution in [1.29, 1.82) is 0 Å². The molecule has 0 spiro atoms. The largest absolute Gasteiger partial charge is 0.496 e. The molecule has 3 aromatic rings. The van der Waals surface area contributed by atoms with E-state index in [0.29, 0.717) is 40.9 Å². The molecule has 0 atom stereocenters. The van der Waals surface area contributed by atoms with Crippen molar-refractivity contribution in [2.45, 2.75) is 6.92 Å². The zero-order chi connectivity index (χ0) is 21.8. The Kier molecular flexibility index (Phi) is 6.25. The van der Waals surface area contributed by atoms with Crippen molar-refractivity contribution >= 4 is 11.0 Å². The van der Waals surface area contributed by atoms with E-state index in [-0.39, 0.29) is 27.9 Å². The van der Waals surface area contributed by atoms with Gasteiger partial charge in [0.2, 0.25) is 11.2 Å². The van der Waals surface area contributed by atoms with Gasteiger partial charge >= 0.3 is 0 Å². The Labute approximate surface area is 173 Å². The Bertz CT molecular complexity index is 1120. The Hall–Kier alpha value is -3.55. The molecule has 30 heavy (non-hydrogen) atoms. The minimum absolute atomic E-state index is 0.0131. The molecule has 0 fully saturated rings. The summed E-state index contributed by atoms with van der Waals surface area (Å²) in [6.07, 6.45) is 0. The number of ether oxygens (including phenoxy) is 6. The molecule has 0 saturated heterocycles. The lowest BCUT2D eigenvalue weighted by Crippen LogP contribution is -2.10. The van der Waals surface area contributed by atoms with Crippen LogP contribution in [0.4, 0.5) is 0 Å². The Morgan fingerprint density at radius 1 is 0.767 bits per heavy atom. The monoisotopic (exact) mass is 416 g/mol. The van der Waals surface area contributed by atoms with Gasteiger partial charge in [-0.15, -0.1) is 0 Å². The van der Waals surface area contributed by atoms with E-state index in [0.717, 1.165) is 0 Å². The molecule has 1 aromatic heterocycles. The molecule has 0 radical (unpaired) electrons. The Morgan fingerprint density at radius 3 is 2.00 bits per heavy atom. The third-order valence-corrected chi connectivity index (χ3v) is 4.58. The predicted molar refractivity (Wildman–Crippen MR) is 112 cm³/mol. The van der Waals surface area contributed by atoms with Crippen LogP contribution in [0.5, 0.6) is 34.5 Å². The lowest BCUT2D eigenvalue weighted by atomic mass is 10.1. The van der Waals surface area contributed by atoms with Crippen molar-refractivity contribution in [1.82, 2.24) is 0 Å². The zero-order valence-electron chi connectivity index (χ0n) is 17.8. The molecule has 0 aliphatic carbocycles. The Balaban J connectivity index is 2.41. The highest BCUT2D eigenvalue weighted by Crippen LogP contribution is 2.44. The van der Waals surface area contributed by atoms with E-state index in [1.165, 1.54) is 35.5 Å². The van der Waals surface area contributed by atoms with E-state index in [4.69, 9.17) is 32.8 Å². The van der Waals surface area contributed by atoms with Crippen molar-refractivity contribution in [3.63, 3.8) is 0 Å². The van der Waals surface area contributed by atoms with Crippen LogP contribution in [-0.2, 0) is 0 Å². The predicted octanol–water partition coefficient (Wildman–Crippen LogP) is 3.90. The number of fused-ring (bicyclic) bond motifs is 1. The maximum Gasteiger partial charge on any atom is 0.239 e. The summed E-state index contributed by atoms with van der Waals surface area (Å²) in [5.41, 5.74) is 0.374. The first-order valence-corrected chi connectivity index (χ1v) is 9.18. The lowest BCUT2D eigenvalue weighted by molar-refractivity contribution is 0.338. The van der Waals surface area contributed by atoms with E-state index in [2.05, 4.69) is 0 Å². The molecule has 3 rings (SSSR count). The van der Waals surface area contributed by atoms with E-state index < -0.39 is 0 Å². The lowest BCUT2D eigenvalue weighted by Gasteiger charge is -2.16. The van der Waals surface area contributed by atoms with Gasteiger partial charge < -0.3 is 32.8 Å². The second kappa shape index (κ2) is 8.86. The van der Waals surface area contributed by atoms with Gasteiger partial charge in [-0.05, 0) is 13.0 Å². The summed E-state index contributed by atoms with van der Waals surface area (Å²) in [5, 5.41) is 0.262. The van der Waals surface area contributed by atoms with Crippen molar-refractivity contribution in [2.75, 3.05) is 42.2 Å². The van der Waals surface area contributed by atoms with E-state index >= 15 is 0 Å². The molecule has 0 aliphatic heterocycles. The normalized spacial score (nSPS) is 10.6. The molecular weight excluding hydrogens is 392 g/mol. The van der Waals surface area contributed by atoms with Crippen LogP contribution in [0.3, 0.4) is 0 Å². The SMILES string of the molecule is CCOc1cc(OC)cc2oc(-c3cc(OC)c(OC)cc3OC)c(OC)c(=O)c12. The number of rotatable bonds is 8. The summed E-state index contributed by atoms with van der Waals surface area (Å²) >= 11 is 0. The first-order chi connectivity index (χ1) is 14.5. The number of hydrogen-bond donors (Lipinski definition) is 0. The second-order valence-electron chi connectivity index (χ2n) is 6.13. The van der Waals surface area contributed by atoms with E-state index in [9.17, 15) is 4.79 Å². The maximum absolute atomic E-state index is 13.3. The minimum atomic E-state index is -0.378. The van der Waals surface area contributed by atoms with Crippen molar-refractivity contribution in [3.8, 4) is 45.8 Å². The zero-order valence-corrected chi connectivity index (χ0v) is 17.8. The van der Waals surface area contributed by atoms with Gasteiger partial charge in [0, 0.05) is 18.2 Å². The van der Waals surface area contributed by atoms with Gasteiger partial charge in [-0.2, -0.15) is 0 Å². The van der Waals surface area contributed by atoms with Crippen LogP contribution in [-0.4, -0.2) is 42.2 Å². The van der Waals surface area contributed by atoms with Crippen LogP contribution in [0.15, 0.2) is 33.5 Å². The topological polar surface area (TPSA) is 85.6 Å². The quantitative estimate of drug-likeness (QED) is 0.547. The van der Waals surface area contributed by atoms with Crippen LogP contribution < -0.4 is 33.8 Å². The van der Waals surface area contributed by atoms with E-state index in [1.807, 2.05) is 6.92 Å². The van der Waals surface area contributed by atoms with Crippen molar-refractivity contribution in [2.24, 2.45) is 0 Å². The molecule has 0 saturated carbocycles. The average molecular weight is 416 g/mol. The summed E-state index contributed by atoms with van der Waals surface area (Å²) in [7, 11) is 7.47. The molecule has 8 nitrogen and oxygen atoms in total. The summed E-state index contributed by atoms with van der Waals surface area (Å²) in [4.78, 5) is 13.3. The summed E-state index contributed by atoms with van der Waals surface area (Å²) in [6.45, 7) is 2.20. The van der Waals surface area contributed by atoms with Crippen LogP contribution in [0.1, 0.15) is 6.92 Å². The van der Waals surface area contributed by atoms with Crippen molar-refractivity contribution in [3.05, 3.63) is 34.5 Å². The molecule has 0 bridgehead atoms. The van der Waals surface area contributed by atoms with Gasteiger partial charge in [0.25, 0.3) is 0 Å². The highest BCUT2D eigenvalue weighted by Gasteiger charge is 2.24. The molecule has 8 heteroatoms. The highest BCUT2D eigenvalue weighted by molar-refractivity contribution is 5.89. The molecule has 0 N–H and O–H groups in total. The smallest absolute Gasteiger partial charge is 0.239 e. The van der Waals surface area contributed by atoms with Gasteiger partial charge in [0.15, 0.2) is 17.3 Å². The van der Waals surface area contributed by atoms with Crippen LogP contribution in [0.2, 0.25) is 0 Å². The first-order valence-electron chi connectivity index (χ1n) is 9.18. The van der Waals surface area contributed by atoms with Gasteiger partial charge in [-0.25, -0.2) is 0 Å². The van der Waals surface area contributed by atoms with Crippen LogP contribution in [0, 0.1) is 0 Å². The molecule has 1 heterocycles. The maximum atomic E-state index is 13.3. The molecule has 0 unspecified atom stereocenters. The fraction of sp³-hybridized carbons (Fsp3) is 0.318. The van der Waals surface area contributed by atoms with E-state index in [1.54, 1.807) is 24.3 Å². The number of hydrogen-bond acceptors (Lipinski definition) is 8. The number of benzene rings is 2. The summed E-state index contributed by atoms with van der Waals surface area (Å²) in [5.74, 6) is 2.37. The van der Waals surface area contributed by atoms with Gasteiger partial charge in [0.05, 0.1) is 47.7 Å². The first kappa shape index (κ1) is 21.2. The van der Waals surface area contributed by atoms with Gasteiger partial charge in [0.1, 0.15) is 28.2 Å². The molecule has 0 aliphatic rings. The third kappa shape index (κ3) is 3.56. The molecular formula is C22H24O8. The number of methoxy groups -OCH3 is 5. The van der Waals surface area contributed by atoms with Gasteiger partial charge in [-0.1, -0.05) is 0 Å². The minimum Gasteiger partial charge on any atom is -0.496 e. The second-order valence-corrected chi connectivity index (χ2v) is 6.13. The fourth-order valence-electron chi connectivity index (χ4n) is 3.20. The van der Waals surface area contributed by atoms with Crippen LogP contribution in [0.25, 0.3) is 22.3 Å². The Morgan fingerprint density at radius 2 is 1.43 bits per heavy atom.